The molecule has 0 atom stereocenters. The number of nitrogens with zero attached hydrogens (tertiary/aromatic N) is 2. The minimum absolute atomic E-state index is 0.452. The average molecular weight is 329 g/mol. The van der Waals surface area contributed by atoms with Crippen molar-refractivity contribution in [3.63, 3.8) is 0 Å². The number of primary amides is 1. The molecule has 0 aliphatic carbocycles. The molecule has 0 spiro atoms. The highest BCUT2D eigenvalue weighted by Gasteiger charge is 2.07. The lowest BCUT2D eigenvalue weighted by molar-refractivity contribution is 0.100. The van der Waals surface area contributed by atoms with E-state index in [-0.39, 0.29) is 0 Å². The molecule has 0 bridgehead atoms. The lowest BCUT2D eigenvalue weighted by atomic mass is 10.2. The number of carbonyl (C=O) groups is 1. The van der Waals surface area contributed by atoms with Gasteiger partial charge >= 0.3 is 0 Å². The number of benzene rings is 2. The summed E-state index contributed by atoms with van der Waals surface area (Å²) in [5, 5.41) is 4.30. The van der Waals surface area contributed by atoms with Gasteiger partial charge in [-0.2, -0.15) is 0 Å². The molecule has 0 fully saturated rings. The lowest BCUT2D eigenvalue weighted by Crippen LogP contribution is -2.10. The van der Waals surface area contributed by atoms with Gasteiger partial charge in [0.2, 0.25) is 5.91 Å². The van der Waals surface area contributed by atoms with Gasteiger partial charge in [0.15, 0.2) is 0 Å². The predicted molar refractivity (Wildman–Crippen MR) is 97.6 cm³/mol. The first-order valence-electron chi connectivity index (χ1n) is 7.76. The molecule has 0 saturated heterocycles. The van der Waals surface area contributed by atoms with Crippen molar-refractivity contribution in [2.45, 2.75) is 0 Å². The fraction of sp³-hybridized carbons (Fsp3) is 0. The maximum Gasteiger partial charge on any atom is 0.248 e. The zero-order valence-electron chi connectivity index (χ0n) is 13.2. The highest BCUT2D eigenvalue weighted by molar-refractivity contribution is 5.93. The van der Waals surface area contributed by atoms with Crippen LogP contribution in [0, 0.1) is 0 Å². The first kappa shape index (κ1) is 14.9. The van der Waals surface area contributed by atoms with Crippen molar-refractivity contribution >= 4 is 28.3 Å². The summed E-state index contributed by atoms with van der Waals surface area (Å²) in [6.07, 6.45) is 3.36. The van der Waals surface area contributed by atoms with E-state index >= 15 is 0 Å². The molecule has 4 rings (SSSR count). The van der Waals surface area contributed by atoms with E-state index in [0.29, 0.717) is 11.4 Å². The van der Waals surface area contributed by atoms with Gasteiger partial charge in [-0.1, -0.05) is 18.2 Å². The molecule has 0 unspecified atom stereocenters. The number of nitrogens with two attached hydrogens (primary N) is 1. The summed E-state index contributed by atoms with van der Waals surface area (Å²) in [5.41, 5.74) is 9.21. The quantitative estimate of drug-likeness (QED) is 0.534. The molecule has 2 heterocycles. The Morgan fingerprint density at radius 3 is 2.60 bits per heavy atom. The molecular weight excluding hydrogens is 314 g/mol. The van der Waals surface area contributed by atoms with Crippen LogP contribution in [0.2, 0.25) is 0 Å². The maximum absolute atomic E-state index is 11.1. The van der Waals surface area contributed by atoms with Crippen LogP contribution in [0.15, 0.2) is 67.0 Å². The summed E-state index contributed by atoms with van der Waals surface area (Å²) in [7, 11) is 0. The number of carbonyl (C=O) groups excluding carboxylic acids is 1. The van der Waals surface area contributed by atoms with Gasteiger partial charge in [-0.3, -0.25) is 9.78 Å². The van der Waals surface area contributed by atoms with Crippen LogP contribution in [0.25, 0.3) is 22.3 Å². The molecule has 2 aromatic carbocycles. The minimum atomic E-state index is -0.452. The van der Waals surface area contributed by atoms with Crippen molar-refractivity contribution < 1.29 is 4.79 Å². The molecule has 2 aromatic heterocycles. The molecule has 6 nitrogen and oxygen atoms in total. The fourth-order valence-electron chi connectivity index (χ4n) is 2.63. The van der Waals surface area contributed by atoms with Crippen molar-refractivity contribution in [2.75, 3.05) is 5.32 Å². The third kappa shape index (κ3) is 3.05. The Morgan fingerprint density at radius 1 is 1.04 bits per heavy atom. The van der Waals surface area contributed by atoms with Gasteiger partial charge in [0.1, 0.15) is 11.5 Å². The number of amides is 1. The van der Waals surface area contributed by atoms with Gasteiger partial charge in [-0.25, -0.2) is 4.98 Å². The first-order chi connectivity index (χ1) is 12.2. The number of nitrogens with one attached hydrogen (secondary N) is 2. The Morgan fingerprint density at radius 2 is 1.84 bits per heavy atom. The molecule has 4 N–H and O–H groups in total. The number of para-hydroxylation sites is 1. The Hall–Kier alpha value is -3.67. The Bertz CT molecular complexity index is 1020. The van der Waals surface area contributed by atoms with Crippen molar-refractivity contribution in [1.29, 1.82) is 0 Å². The number of aromatic amines is 1. The van der Waals surface area contributed by atoms with E-state index in [2.05, 4.69) is 20.3 Å². The molecule has 1 amide bonds. The SMILES string of the molecule is NC(=O)c1ccc(Nc2cncc(-c3cc4ccccc4[nH]3)n2)cc1. The van der Waals surface area contributed by atoms with E-state index in [0.717, 1.165) is 28.0 Å². The molecule has 0 radical (unpaired) electrons. The van der Waals surface area contributed by atoms with Crippen LogP contribution in [0.3, 0.4) is 0 Å². The molecule has 0 saturated carbocycles. The van der Waals surface area contributed by atoms with Gasteiger partial charge in [0.25, 0.3) is 0 Å². The van der Waals surface area contributed by atoms with Crippen molar-refractivity contribution in [1.82, 2.24) is 15.0 Å². The van der Waals surface area contributed by atoms with Crippen molar-refractivity contribution in [3.8, 4) is 11.4 Å². The summed E-state index contributed by atoms with van der Waals surface area (Å²) < 4.78 is 0. The fourth-order valence-corrected chi connectivity index (χ4v) is 2.63. The lowest BCUT2D eigenvalue weighted by Gasteiger charge is -2.07. The second kappa shape index (κ2) is 6.09. The van der Waals surface area contributed by atoms with Crippen LogP contribution < -0.4 is 11.1 Å². The summed E-state index contributed by atoms with van der Waals surface area (Å²) in [6, 6.07) is 17.0. The number of H-pyrrole nitrogens is 1. The Labute approximate surface area is 143 Å². The summed E-state index contributed by atoms with van der Waals surface area (Å²) in [4.78, 5) is 23.3. The van der Waals surface area contributed by atoms with E-state index in [1.807, 2.05) is 30.3 Å². The minimum Gasteiger partial charge on any atom is -0.366 e. The topological polar surface area (TPSA) is 96.7 Å². The molecule has 4 aromatic rings. The van der Waals surface area contributed by atoms with Gasteiger partial charge in [0, 0.05) is 22.2 Å². The molecule has 122 valence electrons. The third-order valence-corrected chi connectivity index (χ3v) is 3.88. The van der Waals surface area contributed by atoms with E-state index in [9.17, 15) is 4.79 Å². The summed E-state index contributed by atoms with van der Waals surface area (Å²) >= 11 is 0. The van der Waals surface area contributed by atoms with Crippen LogP contribution >= 0.6 is 0 Å². The highest BCUT2D eigenvalue weighted by atomic mass is 16.1. The monoisotopic (exact) mass is 329 g/mol. The van der Waals surface area contributed by atoms with E-state index in [4.69, 9.17) is 5.73 Å². The highest BCUT2D eigenvalue weighted by Crippen LogP contribution is 2.23. The van der Waals surface area contributed by atoms with E-state index in [1.165, 1.54) is 0 Å². The molecule has 25 heavy (non-hydrogen) atoms. The van der Waals surface area contributed by atoms with Crippen LogP contribution in [-0.4, -0.2) is 20.9 Å². The van der Waals surface area contributed by atoms with Crippen LogP contribution in [-0.2, 0) is 0 Å². The van der Waals surface area contributed by atoms with Gasteiger partial charge in [-0.05, 0) is 36.4 Å². The van der Waals surface area contributed by atoms with Crippen molar-refractivity contribution in [2.24, 2.45) is 5.73 Å². The van der Waals surface area contributed by atoms with E-state index in [1.54, 1.807) is 36.7 Å². The molecule has 6 heteroatoms. The number of fused-ring (bicyclic) bond motifs is 1. The number of hydrogen-bond acceptors (Lipinski definition) is 4. The largest absolute Gasteiger partial charge is 0.366 e. The van der Waals surface area contributed by atoms with Gasteiger partial charge < -0.3 is 16.0 Å². The van der Waals surface area contributed by atoms with Gasteiger partial charge in [0.05, 0.1) is 18.1 Å². The van der Waals surface area contributed by atoms with Gasteiger partial charge in [-0.15, -0.1) is 0 Å². The molecule has 0 aliphatic heterocycles. The Kier molecular flexibility index (Phi) is 3.63. The number of hydrogen-bond donors (Lipinski definition) is 3. The van der Waals surface area contributed by atoms with Crippen LogP contribution in [0.4, 0.5) is 11.5 Å². The van der Waals surface area contributed by atoms with Crippen LogP contribution in [0.5, 0.6) is 0 Å². The summed E-state index contributed by atoms with van der Waals surface area (Å²) in [5.74, 6) is 0.162. The van der Waals surface area contributed by atoms with Crippen molar-refractivity contribution in [3.05, 3.63) is 72.6 Å². The zero-order chi connectivity index (χ0) is 17.2. The predicted octanol–water partition coefficient (Wildman–Crippen LogP) is 3.47. The standard InChI is InChI=1S/C19H15N5O/c20-19(25)12-5-7-14(8-6-12)22-18-11-21-10-17(24-18)16-9-13-3-1-2-4-15(13)23-16/h1-11,23H,(H2,20,25)(H,22,24). The second-order valence-electron chi connectivity index (χ2n) is 5.63. The smallest absolute Gasteiger partial charge is 0.248 e. The second-order valence-corrected chi connectivity index (χ2v) is 5.63. The first-order valence-corrected chi connectivity index (χ1v) is 7.76. The normalized spacial score (nSPS) is 10.7. The number of aromatic nitrogens is 3. The average Bonchev–Trinajstić information content (AvgIpc) is 3.07. The summed E-state index contributed by atoms with van der Waals surface area (Å²) in [6.45, 7) is 0. The zero-order valence-corrected chi connectivity index (χ0v) is 13.2. The Balaban J connectivity index is 1.61. The number of anilines is 2. The van der Waals surface area contributed by atoms with Crippen LogP contribution in [0.1, 0.15) is 10.4 Å². The molecular formula is C19H15N5O. The maximum atomic E-state index is 11.1. The molecule has 0 aliphatic rings. The number of rotatable bonds is 4. The van der Waals surface area contributed by atoms with E-state index < -0.39 is 5.91 Å². The third-order valence-electron chi connectivity index (χ3n) is 3.88.